The minimum absolute atomic E-state index is 0.0101. The third kappa shape index (κ3) is 3.82. The average molecular weight is 268 g/mol. The van der Waals surface area contributed by atoms with Gasteiger partial charge in [0.1, 0.15) is 0 Å². The van der Waals surface area contributed by atoms with Crippen molar-refractivity contribution in [2.45, 2.75) is 40.5 Å². The number of hydrogen-bond acceptors (Lipinski definition) is 4. The van der Waals surface area contributed by atoms with Gasteiger partial charge in [0.25, 0.3) is 0 Å². The highest BCUT2D eigenvalue weighted by atomic mass is 16.5. The molecule has 0 fully saturated rings. The van der Waals surface area contributed by atoms with Gasteiger partial charge in [0.15, 0.2) is 0 Å². The summed E-state index contributed by atoms with van der Waals surface area (Å²) in [6, 6.07) is 0. The van der Waals surface area contributed by atoms with Crippen LogP contribution in [0.5, 0.6) is 0 Å². The zero-order valence-corrected chi connectivity index (χ0v) is 12.3. The summed E-state index contributed by atoms with van der Waals surface area (Å²) in [5.41, 5.74) is 1.14. The van der Waals surface area contributed by atoms with Gasteiger partial charge < -0.3 is 9.47 Å². The Balaban J connectivity index is 2.98. The second kappa shape index (κ2) is 7.31. The topological polar surface area (TPSA) is 52.6 Å². The molecule has 4 heteroatoms. The van der Waals surface area contributed by atoms with Crippen LogP contribution in [-0.4, -0.2) is 25.2 Å². The summed E-state index contributed by atoms with van der Waals surface area (Å²) >= 11 is 0. The van der Waals surface area contributed by atoms with Crippen molar-refractivity contribution in [2.24, 2.45) is 17.8 Å². The van der Waals surface area contributed by atoms with Crippen LogP contribution < -0.4 is 0 Å². The summed E-state index contributed by atoms with van der Waals surface area (Å²) in [6.07, 6.45) is 3.55. The van der Waals surface area contributed by atoms with E-state index in [0.717, 1.165) is 12.0 Å². The van der Waals surface area contributed by atoms with Gasteiger partial charge in [-0.25, -0.2) is 0 Å². The minimum Gasteiger partial charge on any atom is -0.466 e. The second-order valence-electron chi connectivity index (χ2n) is 4.95. The predicted molar refractivity (Wildman–Crippen MR) is 72.4 cm³/mol. The molecule has 1 aliphatic rings. The maximum atomic E-state index is 12.2. The van der Waals surface area contributed by atoms with Crippen LogP contribution in [0.1, 0.15) is 40.5 Å². The van der Waals surface area contributed by atoms with E-state index < -0.39 is 11.8 Å². The highest BCUT2D eigenvalue weighted by Gasteiger charge is 2.40. The van der Waals surface area contributed by atoms with Gasteiger partial charge in [-0.2, -0.15) is 0 Å². The Kier molecular flexibility index (Phi) is 6.06. The Morgan fingerprint density at radius 2 is 1.79 bits per heavy atom. The lowest BCUT2D eigenvalue weighted by molar-refractivity contribution is -0.162. The summed E-state index contributed by atoms with van der Waals surface area (Å²) < 4.78 is 10.2. The fourth-order valence-corrected chi connectivity index (χ4v) is 2.61. The molecule has 0 aromatic rings. The molecule has 1 aliphatic carbocycles. The Hall–Kier alpha value is -1.32. The summed E-state index contributed by atoms with van der Waals surface area (Å²) in [4.78, 5) is 24.2. The predicted octanol–water partition coefficient (Wildman–Crippen LogP) is 2.72. The molecule has 0 aliphatic heterocycles. The van der Waals surface area contributed by atoms with Crippen LogP contribution in [0.15, 0.2) is 11.6 Å². The number of hydrogen-bond donors (Lipinski definition) is 0. The normalized spacial score (nSPS) is 27.2. The van der Waals surface area contributed by atoms with Crippen molar-refractivity contribution in [2.75, 3.05) is 13.2 Å². The molecule has 0 saturated carbocycles. The van der Waals surface area contributed by atoms with Gasteiger partial charge in [-0.15, -0.1) is 0 Å². The van der Waals surface area contributed by atoms with Crippen LogP contribution >= 0.6 is 0 Å². The first-order valence-corrected chi connectivity index (χ1v) is 7.02. The van der Waals surface area contributed by atoms with Gasteiger partial charge in [-0.1, -0.05) is 18.6 Å². The van der Waals surface area contributed by atoms with Crippen LogP contribution in [0.25, 0.3) is 0 Å². The molecule has 0 heterocycles. The van der Waals surface area contributed by atoms with E-state index in [-0.39, 0.29) is 17.9 Å². The Labute approximate surface area is 115 Å². The SMILES string of the molecule is CCOC(=O)C1CCC=C(C)C(C)C1C(=O)OCC. The van der Waals surface area contributed by atoms with E-state index in [1.807, 2.05) is 13.8 Å². The first kappa shape index (κ1) is 15.7. The summed E-state index contributed by atoms with van der Waals surface area (Å²) in [6.45, 7) is 8.21. The number of carbonyl (C=O) groups excluding carboxylic acids is 2. The fourth-order valence-electron chi connectivity index (χ4n) is 2.61. The monoisotopic (exact) mass is 268 g/mol. The van der Waals surface area contributed by atoms with Crippen LogP contribution in [0.3, 0.4) is 0 Å². The highest BCUT2D eigenvalue weighted by Crippen LogP contribution is 2.35. The molecule has 1 rings (SSSR count). The van der Waals surface area contributed by atoms with Crippen molar-refractivity contribution in [3.63, 3.8) is 0 Å². The van der Waals surface area contributed by atoms with Crippen LogP contribution in [0.2, 0.25) is 0 Å². The largest absolute Gasteiger partial charge is 0.466 e. The van der Waals surface area contributed by atoms with Crippen LogP contribution in [0.4, 0.5) is 0 Å². The summed E-state index contributed by atoms with van der Waals surface area (Å²) in [5, 5.41) is 0. The van der Waals surface area contributed by atoms with E-state index in [9.17, 15) is 9.59 Å². The van der Waals surface area contributed by atoms with Crippen LogP contribution in [-0.2, 0) is 19.1 Å². The third-order valence-electron chi connectivity index (χ3n) is 3.78. The quantitative estimate of drug-likeness (QED) is 0.581. The zero-order chi connectivity index (χ0) is 14.4. The maximum Gasteiger partial charge on any atom is 0.310 e. The second-order valence-corrected chi connectivity index (χ2v) is 4.95. The molecule has 19 heavy (non-hydrogen) atoms. The number of rotatable bonds is 4. The zero-order valence-electron chi connectivity index (χ0n) is 12.3. The minimum atomic E-state index is -0.433. The van der Waals surface area contributed by atoms with Gasteiger partial charge in [0, 0.05) is 0 Å². The molecule has 3 atom stereocenters. The first-order valence-electron chi connectivity index (χ1n) is 7.02. The van der Waals surface area contributed by atoms with Crippen molar-refractivity contribution in [3.05, 3.63) is 11.6 Å². The lowest BCUT2D eigenvalue weighted by Gasteiger charge is -2.27. The van der Waals surface area contributed by atoms with Gasteiger partial charge >= 0.3 is 11.9 Å². The van der Waals surface area contributed by atoms with E-state index in [1.165, 1.54) is 0 Å². The molecule has 4 nitrogen and oxygen atoms in total. The molecule has 0 bridgehead atoms. The lowest BCUT2D eigenvalue weighted by atomic mass is 9.79. The Morgan fingerprint density at radius 1 is 1.21 bits per heavy atom. The van der Waals surface area contributed by atoms with E-state index >= 15 is 0 Å². The molecular formula is C15H24O4. The molecule has 0 radical (unpaired) electrons. The number of allylic oxidation sites excluding steroid dienone is 2. The standard InChI is InChI=1S/C15H24O4/c1-5-18-14(16)12-9-7-8-10(3)11(4)13(12)15(17)19-6-2/h8,11-13H,5-7,9H2,1-4H3. The van der Waals surface area contributed by atoms with Crippen LogP contribution in [0, 0.1) is 17.8 Å². The molecule has 0 saturated heterocycles. The summed E-state index contributed by atoms with van der Waals surface area (Å²) in [7, 11) is 0. The molecule has 0 spiro atoms. The van der Waals surface area contributed by atoms with Crippen molar-refractivity contribution < 1.29 is 19.1 Å². The number of esters is 2. The lowest BCUT2D eigenvalue weighted by Crippen LogP contribution is -2.36. The number of ether oxygens (including phenoxy) is 2. The van der Waals surface area contributed by atoms with E-state index in [2.05, 4.69) is 6.08 Å². The molecule has 0 amide bonds. The summed E-state index contributed by atoms with van der Waals surface area (Å²) in [5.74, 6) is -1.39. The van der Waals surface area contributed by atoms with E-state index in [0.29, 0.717) is 19.6 Å². The van der Waals surface area contributed by atoms with Gasteiger partial charge in [-0.3, -0.25) is 9.59 Å². The van der Waals surface area contributed by atoms with E-state index in [1.54, 1.807) is 13.8 Å². The Morgan fingerprint density at radius 3 is 2.37 bits per heavy atom. The molecule has 0 N–H and O–H groups in total. The Bertz CT molecular complexity index is 359. The number of carbonyl (C=O) groups is 2. The van der Waals surface area contributed by atoms with Gasteiger partial charge in [0.2, 0.25) is 0 Å². The molecule has 3 unspecified atom stereocenters. The van der Waals surface area contributed by atoms with Crippen molar-refractivity contribution >= 4 is 11.9 Å². The highest BCUT2D eigenvalue weighted by molar-refractivity contribution is 5.82. The van der Waals surface area contributed by atoms with Crippen molar-refractivity contribution in [3.8, 4) is 0 Å². The maximum absolute atomic E-state index is 12.2. The first-order chi connectivity index (χ1) is 9.02. The van der Waals surface area contributed by atoms with E-state index in [4.69, 9.17) is 9.47 Å². The third-order valence-corrected chi connectivity index (χ3v) is 3.78. The molecule has 108 valence electrons. The molecule has 0 aromatic carbocycles. The van der Waals surface area contributed by atoms with Gasteiger partial charge in [-0.05, 0) is 39.5 Å². The molecule has 0 aromatic heterocycles. The van der Waals surface area contributed by atoms with Crippen molar-refractivity contribution in [1.82, 2.24) is 0 Å². The smallest absolute Gasteiger partial charge is 0.310 e. The van der Waals surface area contributed by atoms with Crippen molar-refractivity contribution in [1.29, 1.82) is 0 Å². The fraction of sp³-hybridized carbons (Fsp3) is 0.733. The molecular weight excluding hydrogens is 244 g/mol. The average Bonchev–Trinajstić information content (AvgIpc) is 2.50. The van der Waals surface area contributed by atoms with Gasteiger partial charge in [0.05, 0.1) is 25.0 Å².